The first-order chi connectivity index (χ1) is 9.61. The van der Waals surface area contributed by atoms with Crippen molar-refractivity contribution >= 4 is 23.2 Å². The third-order valence-electron chi connectivity index (χ3n) is 4.30. The first-order valence-corrected chi connectivity index (χ1v) is 8.12. The van der Waals surface area contributed by atoms with Crippen LogP contribution in [0.3, 0.4) is 0 Å². The van der Waals surface area contributed by atoms with Crippen LogP contribution in [0.15, 0.2) is 18.2 Å². The standard InChI is InChI=1S/C16H23Cl2NO/c1-3-20-16(8-4-5-9-16)15(19-2)11-12-10-13(17)6-7-14(12)18/h6-7,10,15,19H,3-5,8-9,11H2,1-2H3. The quantitative estimate of drug-likeness (QED) is 0.836. The lowest BCUT2D eigenvalue weighted by Gasteiger charge is -2.37. The molecule has 20 heavy (non-hydrogen) atoms. The van der Waals surface area contributed by atoms with Gasteiger partial charge in [-0.2, -0.15) is 0 Å². The number of hydrogen-bond acceptors (Lipinski definition) is 2. The van der Waals surface area contributed by atoms with Gasteiger partial charge in [-0.1, -0.05) is 36.0 Å². The van der Waals surface area contributed by atoms with Crippen molar-refractivity contribution in [3.05, 3.63) is 33.8 Å². The molecule has 2 nitrogen and oxygen atoms in total. The molecule has 0 spiro atoms. The second kappa shape index (κ2) is 7.13. The maximum atomic E-state index is 6.30. The van der Waals surface area contributed by atoms with E-state index in [0.717, 1.165) is 41.5 Å². The molecule has 1 aliphatic carbocycles. The summed E-state index contributed by atoms with van der Waals surface area (Å²) in [4.78, 5) is 0. The van der Waals surface area contributed by atoms with E-state index in [1.165, 1.54) is 12.8 Å². The predicted octanol–water partition coefficient (Wildman–Crippen LogP) is 4.47. The number of halogens is 2. The van der Waals surface area contributed by atoms with E-state index in [9.17, 15) is 0 Å². The summed E-state index contributed by atoms with van der Waals surface area (Å²) in [6, 6.07) is 5.92. The normalized spacial score (nSPS) is 19.2. The van der Waals surface area contributed by atoms with Gasteiger partial charge in [0.05, 0.1) is 5.60 Å². The van der Waals surface area contributed by atoms with E-state index in [2.05, 4.69) is 12.2 Å². The van der Waals surface area contributed by atoms with Crippen molar-refractivity contribution in [3.63, 3.8) is 0 Å². The van der Waals surface area contributed by atoms with Crippen LogP contribution in [-0.2, 0) is 11.2 Å². The molecular formula is C16H23Cl2NO. The fourth-order valence-corrected chi connectivity index (χ4v) is 3.71. The van der Waals surface area contributed by atoms with Gasteiger partial charge in [0.1, 0.15) is 0 Å². The number of nitrogens with one attached hydrogen (secondary N) is 1. The van der Waals surface area contributed by atoms with Crippen LogP contribution in [0.5, 0.6) is 0 Å². The smallest absolute Gasteiger partial charge is 0.0837 e. The summed E-state index contributed by atoms with van der Waals surface area (Å²) in [6.45, 7) is 2.82. The van der Waals surface area contributed by atoms with Crippen molar-refractivity contribution in [1.82, 2.24) is 5.32 Å². The van der Waals surface area contributed by atoms with Crippen LogP contribution in [0, 0.1) is 0 Å². The predicted molar refractivity (Wildman–Crippen MR) is 85.8 cm³/mol. The summed E-state index contributed by atoms with van der Waals surface area (Å²) < 4.78 is 6.15. The molecule has 1 saturated carbocycles. The molecule has 1 unspecified atom stereocenters. The monoisotopic (exact) mass is 315 g/mol. The zero-order valence-electron chi connectivity index (χ0n) is 12.2. The third kappa shape index (κ3) is 3.48. The largest absolute Gasteiger partial charge is 0.374 e. The molecule has 1 fully saturated rings. The summed E-state index contributed by atoms with van der Waals surface area (Å²) in [7, 11) is 2.00. The molecular weight excluding hydrogens is 293 g/mol. The van der Waals surface area contributed by atoms with Gasteiger partial charge in [-0.25, -0.2) is 0 Å². The Labute approximate surface area is 131 Å². The Kier molecular flexibility index (Phi) is 5.74. The van der Waals surface area contributed by atoms with E-state index >= 15 is 0 Å². The van der Waals surface area contributed by atoms with E-state index in [0.29, 0.717) is 0 Å². The van der Waals surface area contributed by atoms with Gasteiger partial charge in [-0.05, 0) is 57.0 Å². The van der Waals surface area contributed by atoms with Crippen molar-refractivity contribution in [2.24, 2.45) is 0 Å². The van der Waals surface area contributed by atoms with E-state index in [1.54, 1.807) is 0 Å². The first-order valence-electron chi connectivity index (χ1n) is 7.36. The molecule has 2 rings (SSSR count). The van der Waals surface area contributed by atoms with Crippen LogP contribution in [-0.4, -0.2) is 25.3 Å². The zero-order valence-corrected chi connectivity index (χ0v) is 13.7. The van der Waals surface area contributed by atoms with Crippen LogP contribution in [0.1, 0.15) is 38.2 Å². The number of rotatable bonds is 6. The highest BCUT2D eigenvalue weighted by Crippen LogP contribution is 2.38. The lowest BCUT2D eigenvalue weighted by atomic mass is 9.87. The van der Waals surface area contributed by atoms with Crippen molar-refractivity contribution in [1.29, 1.82) is 0 Å². The highest BCUT2D eigenvalue weighted by atomic mass is 35.5. The molecule has 0 amide bonds. The molecule has 1 aliphatic rings. The molecule has 1 N–H and O–H groups in total. The number of benzene rings is 1. The van der Waals surface area contributed by atoms with Crippen molar-refractivity contribution in [2.75, 3.05) is 13.7 Å². The highest BCUT2D eigenvalue weighted by Gasteiger charge is 2.41. The maximum Gasteiger partial charge on any atom is 0.0837 e. The first kappa shape index (κ1) is 16.1. The average molecular weight is 316 g/mol. The molecule has 0 aliphatic heterocycles. The molecule has 0 bridgehead atoms. The lowest BCUT2D eigenvalue weighted by molar-refractivity contribution is -0.0597. The van der Waals surface area contributed by atoms with Gasteiger partial charge in [0.2, 0.25) is 0 Å². The molecule has 112 valence electrons. The minimum Gasteiger partial charge on any atom is -0.374 e. The molecule has 1 aromatic carbocycles. The van der Waals surface area contributed by atoms with Gasteiger partial charge < -0.3 is 10.1 Å². The van der Waals surface area contributed by atoms with Gasteiger partial charge in [0, 0.05) is 22.7 Å². The Morgan fingerprint density at radius 1 is 1.30 bits per heavy atom. The highest BCUT2D eigenvalue weighted by molar-refractivity contribution is 6.33. The van der Waals surface area contributed by atoms with Crippen molar-refractivity contribution < 1.29 is 4.74 Å². The van der Waals surface area contributed by atoms with Gasteiger partial charge in [0.15, 0.2) is 0 Å². The van der Waals surface area contributed by atoms with E-state index in [1.807, 2.05) is 25.2 Å². The fourth-order valence-electron chi connectivity index (χ4n) is 3.33. The summed E-state index contributed by atoms with van der Waals surface area (Å²) in [5, 5.41) is 4.95. The van der Waals surface area contributed by atoms with Crippen LogP contribution < -0.4 is 5.32 Å². The number of likely N-dealkylation sites (N-methyl/N-ethyl adjacent to an activating group) is 1. The van der Waals surface area contributed by atoms with Crippen LogP contribution in [0.2, 0.25) is 10.0 Å². The average Bonchev–Trinajstić information content (AvgIpc) is 2.89. The second-order valence-electron chi connectivity index (χ2n) is 5.49. The summed E-state index contributed by atoms with van der Waals surface area (Å²) in [5.74, 6) is 0. The van der Waals surface area contributed by atoms with E-state index in [4.69, 9.17) is 27.9 Å². The van der Waals surface area contributed by atoms with Crippen LogP contribution >= 0.6 is 23.2 Å². The molecule has 4 heteroatoms. The van der Waals surface area contributed by atoms with E-state index in [-0.39, 0.29) is 11.6 Å². The summed E-state index contributed by atoms with van der Waals surface area (Å²) in [6.07, 6.45) is 5.55. The Bertz CT molecular complexity index is 444. The number of ether oxygens (including phenoxy) is 1. The van der Waals surface area contributed by atoms with Gasteiger partial charge >= 0.3 is 0 Å². The Morgan fingerprint density at radius 3 is 2.60 bits per heavy atom. The van der Waals surface area contributed by atoms with Crippen LogP contribution in [0.4, 0.5) is 0 Å². The van der Waals surface area contributed by atoms with Crippen molar-refractivity contribution in [3.8, 4) is 0 Å². The summed E-state index contributed by atoms with van der Waals surface area (Å²) >= 11 is 12.4. The topological polar surface area (TPSA) is 21.3 Å². The van der Waals surface area contributed by atoms with Gasteiger partial charge in [0.25, 0.3) is 0 Å². The molecule has 1 atom stereocenters. The Hall–Kier alpha value is -0.280. The van der Waals surface area contributed by atoms with Crippen LogP contribution in [0.25, 0.3) is 0 Å². The number of hydrogen-bond donors (Lipinski definition) is 1. The fraction of sp³-hybridized carbons (Fsp3) is 0.625. The second-order valence-corrected chi connectivity index (χ2v) is 6.33. The molecule has 0 radical (unpaired) electrons. The lowest BCUT2D eigenvalue weighted by Crippen LogP contribution is -2.51. The third-order valence-corrected chi connectivity index (χ3v) is 4.90. The minimum atomic E-state index is -0.0604. The SMILES string of the molecule is CCOC1(C(Cc2cc(Cl)ccc2Cl)NC)CCCC1. The molecule has 1 aromatic rings. The maximum absolute atomic E-state index is 6.30. The molecule has 0 aromatic heterocycles. The van der Waals surface area contributed by atoms with Gasteiger partial charge in [-0.3, -0.25) is 0 Å². The molecule has 0 saturated heterocycles. The summed E-state index contributed by atoms with van der Waals surface area (Å²) in [5.41, 5.74) is 1.03. The zero-order chi connectivity index (χ0) is 14.6. The van der Waals surface area contributed by atoms with Gasteiger partial charge in [-0.15, -0.1) is 0 Å². The Morgan fingerprint density at radius 2 is 2.00 bits per heavy atom. The van der Waals surface area contributed by atoms with Crippen molar-refractivity contribution in [2.45, 2.75) is 50.7 Å². The van der Waals surface area contributed by atoms with E-state index < -0.39 is 0 Å². The Balaban J connectivity index is 2.21. The minimum absolute atomic E-state index is 0.0604. The molecule has 0 heterocycles.